The molecule has 0 radical (unpaired) electrons. The third-order valence-electron chi connectivity index (χ3n) is 6.11. The number of methoxy groups -OCH3 is 1. The molecule has 0 aliphatic heterocycles. The van der Waals surface area contributed by atoms with Crippen LogP contribution < -0.4 is 5.32 Å². The Bertz CT molecular complexity index is 1400. The Hall–Kier alpha value is -3.63. The summed E-state index contributed by atoms with van der Waals surface area (Å²) in [7, 11) is 1.66. The Balaban J connectivity index is 1.40. The van der Waals surface area contributed by atoms with Gasteiger partial charge in [-0.1, -0.05) is 65.9 Å². The van der Waals surface area contributed by atoms with Crippen LogP contribution in [0, 0.1) is 6.92 Å². The monoisotopic (exact) mass is 554 g/mol. The number of nitrogens with one attached hydrogen (secondary N) is 1. The molecule has 0 saturated carbocycles. The number of amides is 1. The van der Waals surface area contributed by atoms with Crippen LogP contribution >= 0.6 is 11.8 Å². The van der Waals surface area contributed by atoms with Crippen LogP contribution in [0.25, 0.3) is 11.4 Å². The van der Waals surface area contributed by atoms with Crippen LogP contribution in [0.1, 0.15) is 45.6 Å². The van der Waals surface area contributed by atoms with E-state index in [9.17, 15) is 18.0 Å². The molecule has 0 aliphatic rings. The first-order chi connectivity index (χ1) is 18.7. The van der Waals surface area contributed by atoms with Crippen molar-refractivity contribution in [2.75, 3.05) is 13.7 Å². The average Bonchev–Trinajstić information content (AvgIpc) is 3.35. The molecule has 10 heteroatoms. The van der Waals surface area contributed by atoms with Gasteiger partial charge in [-0.15, -0.1) is 10.2 Å². The number of nitrogens with zero attached hydrogens (tertiary/aromatic N) is 3. The number of aryl methyl sites for hydroxylation is 1. The van der Waals surface area contributed by atoms with Gasteiger partial charge in [0.15, 0.2) is 11.0 Å². The van der Waals surface area contributed by atoms with E-state index in [0.29, 0.717) is 23.5 Å². The fourth-order valence-electron chi connectivity index (χ4n) is 4.03. The van der Waals surface area contributed by atoms with Crippen molar-refractivity contribution in [2.24, 2.45) is 0 Å². The molecule has 4 rings (SSSR count). The molecule has 0 aliphatic carbocycles. The predicted molar refractivity (Wildman–Crippen MR) is 145 cm³/mol. The summed E-state index contributed by atoms with van der Waals surface area (Å²) in [6.45, 7) is 4.60. The highest BCUT2D eigenvalue weighted by atomic mass is 32.2. The van der Waals surface area contributed by atoms with Gasteiger partial charge in [-0.25, -0.2) is 0 Å². The number of aromatic nitrogens is 3. The molecule has 1 atom stereocenters. The normalized spacial score (nSPS) is 12.4. The van der Waals surface area contributed by atoms with E-state index in [0.717, 1.165) is 39.8 Å². The number of carbonyl (C=O) groups excluding carboxylic acids is 1. The minimum Gasteiger partial charge on any atom is -0.383 e. The number of thioether (sulfide) groups is 1. The van der Waals surface area contributed by atoms with Gasteiger partial charge in [0.2, 0.25) is 0 Å². The van der Waals surface area contributed by atoms with Gasteiger partial charge in [-0.3, -0.25) is 9.36 Å². The highest BCUT2D eigenvalue weighted by Crippen LogP contribution is 2.31. The number of hydrogen-bond acceptors (Lipinski definition) is 5. The Kier molecular flexibility index (Phi) is 9.08. The van der Waals surface area contributed by atoms with Crippen LogP contribution in [0.15, 0.2) is 78.0 Å². The highest BCUT2D eigenvalue weighted by Gasteiger charge is 2.30. The van der Waals surface area contributed by atoms with Crippen molar-refractivity contribution in [1.29, 1.82) is 0 Å². The molecule has 0 saturated heterocycles. The van der Waals surface area contributed by atoms with E-state index in [4.69, 9.17) is 4.74 Å². The summed E-state index contributed by atoms with van der Waals surface area (Å²) in [5, 5.41) is 12.3. The van der Waals surface area contributed by atoms with E-state index in [1.165, 1.54) is 17.8 Å². The average molecular weight is 555 g/mol. The number of hydrogen-bond donors (Lipinski definition) is 1. The van der Waals surface area contributed by atoms with Gasteiger partial charge in [0, 0.05) is 30.5 Å². The molecular formula is C29H29F3N4O2S. The fourth-order valence-corrected chi connectivity index (χ4v) is 5.02. The topological polar surface area (TPSA) is 69.0 Å². The van der Waals surface area contributed by atoms with Crippen molar-refractivity contribution < 1.29 is 22.7 Å². The molecule has 0 fully saturated rings. The first kappa shape index (κ1) is 28.4. The van der Waals surface area contributed by atoms with Crippen LogP contribution in [0.3, 0.4) is 0 Å². The van der Waals surface area contributed by atoms with Gasteiger partial charge >= 0.3 is 6.18 Å². The van der Waals surface area contributed by atoms with E-state index in [2.05, 4.69) is 27.0 Å². The zero-order chi connectivity index (χ0) is 28.0. The Morgan fingerprint density at radius 1 is 1.03 bits per heavy atom. The third-order valence-corrected chi connectivity index (χ3v) is 7.13. The Morgan fingerprint density at radius 2 is 1.74 bits per heavy atom. The van der Waals surface area contributed by atoms with Crippen molar-refractivity contribution in [3.05, 3.63) is 101 Å². The lowest BCUT2D eigenvalue weighted by Crippen LogP contribution is -2.23. The third kappa shape index (κ3) is 7.27. The molecule has 4 aromatic rings. The minimum absolute atomic E-state index is 0.00100. The summed E-state index contributed by atoms with van der Waals surface area (Å²) in [4.78, 5) is 12.6. The first-order valence-electron chi connectivity index (χ1n) is 12.3. The van der Waals surface area contributed by atoms with Gasteiger partial charge in [-0.2, -0.15) is 13.2 Å². The first-order valence-corrected chi connectivity index (χ1v) is 13.3. The minimum atomic E-state index is -4.43. The van der Waals surface area contributed by atoms with Crippen molar-refractivity contribution >= 4 is 17.7 Å². The maximum Gasteiger partial charge on any atom is 0.416 e. The molecule has 3 aromatic carbocycles. The van der Waals surface area contributed by atoms with Crippen molar-refractivity contribution in [1.82, 2.24) is 20.1 Å². The largest absolute Gasteiger partial charge is 0.416 e. The molecule has 1 amide bonds. The second-order valence-corrected chi connectivity index (χ2v) is 10.2. The van der Waals surface area contributed by atoms with Crippen LogP contribution in [0.4, 0.5) is 13.2 Å². The summed E-state index contributed by atoms with van der Waals surface area (Å²) >= 11 is 1.54. The van der Waals surface area contributed by atoms with E-state index in [1.807, 2.05) is 43.3 Å². The van der Waals surface area contributed by atoms with Crippen molar-refractivity contribution in [3.63, 3.8) is 0 Å². The SMILES string of the molecule is COC[C@@H](C)n1c(SCc2ccc(C(=O)NCc3cccc(C(F)(F)F)c3)cc2)nnc1-c1ccc(C)cc1. The molecule has 0 spiro atoms. The van der Waals surface area contributed by atoms with Gasteiger partial charge < -0.3 is 10.1 Å². The van der Waals surface area contributed by atoms with Gasteiger partial charge in [0.1, 0.15) is 0 Å². The lowest BCUT2D eigenvalue weighted by atomic mass is 10.1. The molecule has 204 valence electrons. The standard InChI is InChI=1S/C29H29F3N4O2S/c1-19-7-11-23(12-8-19)26-34-35-28(36(26)20(2)17-38-3)39-18-21-9-13-24(14-10-21)27(37)33-16-22-5-4-6-25(15-22)29(30,31)32/h4-15,20H,16-18H2,1-3H3,(H,33,37)/t20-/m1/s1. The summed E-state index contributed by atoms with van der Waals surface area (Å²) < 4.78 is 46.2. The molecular weight excluding hydrogens is 525 g/mol. The summed E-state index contributed by atoms with van der Waals surface area (Å²) in [5.41, 5.74) is 3.19. The van der Waals surface area contributed by atoms with Gasteiger partial charge in [0.05, 0.1) is 18.2 Å². The maximum atomic E-state index is 12.9. The van der Waals surface area contributed by atoms with Crippen LogP contribution in [0.5, 0.6) is 0 Å². The number of benzene rings is 3. The lowest BCUT2D eigenvalue weighted by Gasteiger charge is -2.17. The van der Waals surface area contributed by atoms with E-state index in [1.54, 1.807) is 25.3 Å². The number of alkyl halides is 3. The number of halogens is 3. The highest BCUT2D eigenvalue weighted by molar-refractivity contribution is 7.98. The lowest BCUT2D eigenvalue weighted by molar-refractivity contribution is -0.137. The summed E-state index contributed by atoms with van der Waals surface area (Å²) in [5.74, 6) is 1.02. The number of ether oxygens (including phenoxy) is 1. The smallest absolute Gasteiger partial charge is 0.383 e. The predicted octanol–water partition coefficient (Wildman–Crippen LogP) is 6.70. The molecule has 1 aromatic heterocycles. The second-order valence-electron chi connectivity index (χ2n) is 9.21. The van der Waals surface area contributed by atoms with Gasteiger partial charge in [0.25, 0.3) is 5.91 Å². The molecule has 0 bridgehead atoms. The van der Waals surface area contributed by atoms with Gasteiger partial charge in [-0.05, 0) is 49.2 Å². The van der Waals surface area contributed by atoms with Crippen LogP contribution in [-0.4, -0.2) is 34.4 Å². The Morgan fingerprint density at radius 3 is 2.41 bits per heavy atom. The molecule has 1 N–H and O–H groups in total. The van der Waals surface area contributed by atoms with Crippen molar-refractivity contribution in [2.45, 2.75) is 43.5 Å². The molecule has 1 heterocycles. The summed E-state index contributed by atoms with van der Waals surface area (Å²) in [6.07, 6.45) is -4.43. The van der Waals surface area contributed by atoms with E-state index in [-0.39, 0.29) is 18.5 Å². The molecule has 6 nitrogen and oxygen atoms in total. The quantitative estimate of drug-likeness (QED) is 0.221. The Labute approximate surface area is 229 Å². The van der Waals surface area contributed by atoms with E-state index < -0.39 is 11.7 Å². The van der Waals surface area contributed by atoms with Crippen molar-refractivity contribution in [3.8, 4) is 11.4 Å². The number of carbonyl (C=O) groups is 1. The molecule has 39 heavy (non-hydrogen) atoms. The van der Waals surface area contributed by atoms with E-state index >= 15 is 0 Å². The fraction of sp³-hybridized carbons (Fsp3) is 0.276. The molecule has 0 unspecified atom stereocenters. The van der Waals surface area contributed by atoms with Crippen LogP contribution in [0.2, 0.25) is 0 Å². The second kappa shape index (κ2) is 12.5. The number of rotatable bonds is 10. The zero-order valence-corrected chi connectivity index (χ0v) is 22.6. The summed E-state index contributed by atoms with van der Waals surface area (Å²) in [6, 6.07) is 20.2. The van der Waals surface area contributed by atoms with Crippen LogP contribution in [-0.2, 0) is 23.2 Å². The zero-order valence-electron chi connectivity index (χ0n) is 21.8. The maximum absolute atomic E-state index is 12.9.